The third kappa shape index (κ3) is 43.4. The fraction of sp³-hybridized carbons (Fsp3) is 0.886. The molecule has 0 aliphatic carbocycles. The number of unbranched alkanes of at least 4 members (excludes halogenated alkanes) is 3. The Morgan fingerprint density at radius 1 is 0.574 bits per heavy atom. The molecule has 0 aromatic heterocycles. The summed E-state index contributed by atoms with van der Waals surface area (Å²) in [5.41, 5.74) is 0. The highest BCUT2D eigenvalue weighted by Gasteiger charge is 2.14. The second kappa shape index (κ2) is 36.2. The van der Waals surface area contributed by atoms with Gasteiger partial charge < -0.3 is 38.6 Å². The number of methoxy groups -OCH3 is 1. The molecule has 0 unspecified atom stereocenters. The van der Waals surface area contributed by atoms with Crippen LogP contribution >= 0.6 is 0 Å². The molecule has 0 aromatic carbocycles. The van der Waals surface area contributed by atoms with E-state index < -0.39 is 0 Å². The zero-order valence-corrected chi connectivity index (χ0v) is 32.2. The number of hydrogen-bond donors (Lipinski definition) is 1. The Morgan fingerprint density at radius 2 is 1.02 bits per heavy atom. The Morgan fingerprint density at radius 3 is 1.40 bits per heavy atom. The minimum Gasteiger partial charge on any atom is -0.463 e. The summed E-state index contributed by atoms with van der Waals surface area (Å²) in [5.74, 6) is -0.182. The monoisotopic (exact) mass is 681 g/mol. The molecule has 47 heavy (non-hydrogen) atoms. The van der Waals surface area contributed by atoms with Gasteiger partial charge in [-0.05, 0) is 87.5 Å². The van der Waals surface area contributed by atoms with E-state index in [1.54, 1.807) is 32.9 Å². The molecule has 0 heterocycles. The molecule has 0 saturated carbocycles. The van der Waals surface area contributed by atoms with E-state index in [4.69, 9.17) is 28.8 Å². The fourth-order valence-electron chi connectivity index (χ4n) is 3.22. The average Bonchev–Trinajstić information content (AvgIpc) is 2.96. The molecule has 0 radical (unpaired) electrons. The van der Waals surface area contributed by atoms with Crippen LogP contribution in [0.15, 0.2) is 0 Å². The standard InChI is InChI=1S/C9H19NO3.C9H19NO2.C9H18O3.C8H16O2/c1-4-5-10(6-7-11)9(12)13-8(2)3;1-5-6-7-10(4)9(11)12-8(2)3;1-8(2)12-9(10)6-4-5-7-11-3;1-4-5-6-8(9)10-7(2)3/h8,11H,4-7H2,1-3H3;8H,5-7H2,1-4H3;8H,4-7H2,1-3H3;7H,4-6H2,1-3H3. The first-order chi connectivity index (χ1) is 22.0. The molecule has 0 bridgehead atoms. The van der Waals surface area contributed by atoms with Crippen LogP contribution in [-0.4, -0.2) is 110 Å². The van der Waals surface area contributed by atoms with Crippen LogP contribution in [-0.2, 0) is 33.3 Å². The van der Waals surface area contributed by atoms with Crippen LogP contribution in [0.5, 0.6) is 0 Å². The van der Waals surface area contributed by atoms with E-state index in [0.717, 1.165) is 58.1 Å². The summed E-state index contributed by atoms with van der Waals surface area (Å²) in [6.45, 7) is 23.3. The van der Waals surface area contributed by atoms with E-state index in [2.05, 4.69) is 13.8 Å². The van der Waals surface area contributed by atoms with E-state index >= 15 is 0 Å². The van der Waals surface area contributed by atoms with Gasteiger partial charge in [0.2, 0.25) is 0 Å². The molecule has 1 N–H and O–H groups in total. The van der Waals surface area contributed by atoms with Crippen molar-refractivity contribution in [2.45, 2.75) is 158 Å². The Labute approximate surface area is 287 Å². The smallest absolute Gasteiger partial charge is 0.410 e. The topological polar surface area (TPSA) is 141 Å². The molecule has 0 rings (SSSR count). The molecule has 2 amide bonds. The second-order valence-electron chi connectivity index (χ2n) is 12.0. The molecule has 0 atom stereocenters. The Hall–Kier alpha value is -2.60. The number of rotatable bonds is 19. The van der Waals surface area contributed by atoms with Crippen LogP contribution in [0, 0.1) is 0 Å². The van der Waals surface area contributed by atoms with Crippen molar-refractivity contribution < 1.29 is 48.0 Å². The average molecular weight is 681 g/mol. The quantitative estimate of drug-likeness (QED) is 0.0834. The summed E-state index contributed by atoms with van der Waals surface area (Å²) < 4.78 is 24.7. The van der Waals surface area contributed by atoms with Crippen molar-refractivity contribution in [3.63, 3.8) is 0 Å². The summed E-state index contributed by atoms with van der Waals surface area (Å²) in [7, 11) is 3.42. The van der Waals surface area contributed by atoms with E-state index in [1.807, 2.05) is 48.5 Å². The lowest BCUT2D eigenvalue weighted by atomic mass is 10.2. The lowest BCUT2D eigenvalue weighted by molar-refractivity contribution is -0.148. The SMILES string of the molecule is CCCCC(=O)OC(C)C.CCCCN(C)C(=O)OC(C)C.CCCN(CCO)C(=O)OC(C)C.COCCCCC(=O)OC(C)C. The van der Waals surface area contributed by atoms with Crippen molar-refractivity contribution in [2.24, 2.45) is 0 Å². The maximum atomic E-state index is 11.3. The van der Waals surface area contributed by atoms with Crippen LogP contribution in [0.3, 0.4) is 0 Å². The number of aliphatic hydroxyl groups is 1. The van der Waals surface area contributed by atoms with Gasteiger partial charge in [0.1, 0.15) is 0 Å². The van der Waals surface area contributed by atoms with Gasteiger partial charge in [-0.3, -0.25) is 9.59 Å². The summed E-state index contributed by atoms with van der Waals surface area (Å²) in [6.07, 6.45) is 7.15. The summed E-state index contributed by atoms with van der Waals surface area (Å²) in [4.78, 5) is 47.4. The molecule has 12 nitrogen and oxygen atoms in total. The van der Waals surface area contributed by atoms with Gasteiger partial charge in [0.15, 0.2) is 0 Å². The van der Waals surface area contributed by atoms with Gasteiger partial charge in [-0.1, -0.05) is 33.6 Å². The molecule has 0 saturated heterocycles. The third-order valence-electron chi connectivity index (χ3n) is 5.40. The summed E-state index contributed by atoms with van der Waals surface area (Å²) in [5, 5.41) is 8.70. The minimum absolute atomic E-state index is 0.0000693. The van der Waals surface area contributed by atoms with Crippen LogP contribution in [0.4, 0.5) is 9.59 Å². The number of carbonyl (C=O) groups is 4. The van der Waals surface area contributed by atoms with E-state index in [1.165, 1.54) is 4.90 Å². The molecular weight excluding hydrogens is 608 g/mol. The van der Waals surface area contributed by atoms with Crippen molar-refractivity contribution in [3.8, 4) is 0 Å². The number of hydrogen-bond acceptors (Lipinski definition) is 10. The van der Waals surface area contributed by atoms with Crippen molar-refractivity contribution in [3.05, 3.63) is 0 Å². The van der Waals surface area contributed by atoms with Gasteiger partial charge in [0.05, 0.1) is 31.0 Å². The first-order valence-corrected chi connectivity index (χ1v) is 17.4. The van der Waals surface area contributed by atoms with Gasteiger partial charge in [0, 0.05) is 53.2 Å². The Kier molecular flexibility index (Phi) is 39.5. The van der Waals surface area contributed by atoms with Gasteiger partial charge in [-0.2, -0.15) is 0 Å². The summed E-state index contributed by atoms with van der Waals surface area (Å²) in [6, 6.07) is 0. The molecule has 0 aliphatic rings. The largest absolute Gasteiger partial charge is 0.463 e. The highest BCUT2D eigenvalue weighted by molar-refractivity contribution is 5.70. The highest BCUT2D eigenvalue weighted by atomic mass is 16.6. The van der Waals surface area contributed by atoms with Crippen LogP contribution in [0.2, 0.25) is 0 Å². The fourth-order valence-corrected chi connectivity index (χ4v) is 3.22. The van der Waals surface area contributed by atoms with Crippen molar-refractivity contribution in [1.29, 1.82) is 0 Å². The normalized spacial score (nSPS) is 10.2. The number of amides is 2. The van der Waals surface area contributed by atoms with Crippen LogP contribution in [0.1, 0.15) is 134 Å². The molecule has 0 aromatic rings. The third-order valence-corrected chi connectivity index (χ3v) is 5.40. The zero-order valence-electron chi connectivity index (χ0n) is 32.2. The maximum absolute atomic E-state index is 11.3. The molecule has 0 fully saturated rings. The number of carbonyl (C=O) groups excluding carboxylic acids is 4. The minimum atomic E-state index is -0.342. The first-order valence-electron chi connectivity index (χ1n) is 17.4. The molecule has 0 aliphatic heterocycles. The van der Waals surface area contributed by atoms with Crippen molar-refractivity contribution in [2.75, 3.05) is 47.0 Å². The molecule has 0 spiro atoms. The number of esters is 2. The van der Waals surface area contributed by atoms with Gasteiger partial charge in [0.25, 0.3) is 0 Å². The van der Waals surface area contributed by atoms with Gasteiger partial charge >= 0.3 is 24.1 Å². The number of aliphatic hydroxyl groups excluding tert-OH is 1. The predicted octanol–water partition coefficient (Wildman–Crippen LogP) is 7.38. The molecule has 12 heteroatoms. The Bertz CT molecular complexity index is 740. The van der Waals surface area contributed by atoms with Gasteiger partial charge in [-0.15, -0.1) is 0 Å². The maximum Gasteiger partial charge on any atom is 0.410 e. The predicted molar refractivity (Wildman–Crippen MR) is 187 cm³/mol. The lowest BCUT2D eigenvalue weighted by Crippen LogP contribution is -2.35. The van der Waals surface area contributed by atoms with Crippen LogP contribution < -0.4 is 0 Å². The van der Waals surface area contributed by atoms with Crippen LogP contribution in [0.25, 0.3) is 0 Å². The van der Waals surface area contributed by atoms with Gasteiger partial charge in [-0.25, -0.2) is 9.59 Å². The second-order valence-corrected chi connectivity index (χ2v) is 12.0. The highest BCUT2D eigenvalue weighted by Crippen LogP contribution is 2.02. The van der Waals surface area contributed by atoms with Crippen molar-refractivity contribution >= 4 is 24.1 Å². The first kappa shape index (κ1) is 51.2. The van der Waals surface area contributed by atoms with E-state index in [9.17, 15) is 19.2 Å². The van der Waals surface area contributed by atoms with E-state index in [-0.39, 0.29) is 55.1 Å². The Balaban J connectivity index is -0.000000263. The van der Waals surface area contributed by atoms with E-state index in [0.29, 0.717) is 25.9 Å². The van der Waals surface area contributed by atoms with Crippen molar-refractivity contribution in [1.82, 2.24) is 9.80 Å². The summed E-state index contributed by atoms with van der Waals surface area (Å²) >= 11 is 0. The molecule has 282 valence electrons. The molecular formula is C35H72N2O10. The number of ether oxygens (including phenoxy) is 5. The number of nitrogens with zero attached hydrogens (tertiary/aromatic N) is 2. The lowest BCUT2D eigenvalue weighted by Gasteiger charge is -2.21. The zero-order chi connectivity index (χ0) is 37.2.